The van der Waals surface area contributed by atoms with Gasteiger partial charge in [0.1, 0.15) is 6.04 Å². The lowest BCUT2D eigenvalue weighted by atomic mass is 9.99. The van der Waals surface area contributed by atoms with Gasteiger partial charge in [0, 0.05) is 6.42 Å². The third kappa shape index (κ3) is 19.4. The quantitative estimate of drug-likeness (QED) is 0.121. The summed E-state index contributed by atoms with van der Waals surface area (Å²) in [6, 6.07) is -0.761. The summed E-state index contributed by atoms with van der Waals surface area (Å²) in [6.07, 6.45) is 27.6. The molecule has 32 heavy (non-hydrogen) atoms. The molecule has 0 saturated carbocycles. The van der Waals surface area contributed by atoms with E-state index in [0.29, 0.717) is 6.42 Å². The highest BCUT2D eigenvalue weighted by molar-refractivity contribution is 5.83. The zero-order valence-electron chi connectivity index (χ0n) is 21.5. The number of rotatable bonds is 23. The van der Waals surface area contributed by atoms with Gasteiger partial charge >= 0.3 is 5.97 Å². The second-order valence-corrected chi connectivity index (χ2v) is 9.52. The van der Waals surface area contributed by atoms with Gasteiger partial charge in [0.2, 0.25) is 5.91 Å². The molecule has 0 saturated heterocycles. The van der Waals surface area contributed by atoms with Gasteiger partial charge in [-0.15, -0.1) is 0 Å². The first-order chi connectivity index (χ1) is 15.5. The van der Waals surface area contributed by atoms with Crippen LogP contribution in [0, 0.1) is 5.92 Å². The molecule has 0 bridgehead atoms. The second-order valence-electron chi connectivity index (χ2n) is 9.52. The Morgan fingerprint density at radius 1 is 0.719 bits per heavy atom. The molecule has 0 radical (unpaired) electrons. The van der Waals surface area contributed by atoms with Crippen molar-refractivity contribution in [2.75, 3.05) is 0 Å². The number of carboxylic acids is 1. The minimum atomic E-state index is -0.933. The van der Waals surface area contributed by atoms with E-state index >= 15 is 0 Å². The van der Waals surface area contributed by atoms with Crippen LogP contribution in [-0.4, -0.2) is 23.0 Å². The molecule has 4 heteroatoms. The topological polar surface area (TPSA) is 66.4 Å². The Hall–Kier alpha value is -1.32. The van der Waals surface area contributed by atoms with Gasteiger partial charge in [-0.3, -0.25) is 4.79 Å². The fraction of sp³-hybridized carbons (Fsp3) is 0.857. The Balaban J connectivity index is 3.41. The normalized spacial score (nSPS) is 13.3. The van der Waals surface area contributed by atoms with Crippen LogP contribution < -0.4 is 5.32 Å². The molecule has 0 aliphatic heterocycles. The number of allylic oxidation sites excluding steroid dienone is 2. The SMILES string of the molecule is CCCCCCCC/C=C\CCCCCCCCCCCC(=O)N[C@H](C(=O)O)[C@@H](C)CC. The van der Waals surface area contributed by atoms with E-state index in [4.69, 9.17) is 0 Å². The maximum Gasteiger partial charge on any atom is 0.326 e. The molecule has 0 aromatic heterocycles. The highest BCUT2D eigenvalue weighted by atomic mass is 16.4. The van der Waals surface area contributed by atoms with Gasteiger partial charge in [-0.25, -0.2) is 4.79 Å². The largest absolute Gasteiger partial charge is 0.480 e. The molecule has 0 spiro atoms. The Bertz CT molecular complexity index is 475. The zero-order valence-corrected chi connectivity index (χ0v) is 21.5. The van der Waals surface area contributed by atoms with E-state index in [9.17, 15) is 14.7 Å². The van der Waals surface area contributed by atoms with Crippen molar-refractivity contribution in [2.45, 2.75) is 149 Å². The molecule has 0 unspecified atom stereocenters. The predicted octanol–water partition coefficient (Wildman–Crippen LogP) is 8.20. The van der Waals surface area contributed by atoms with Crippen molar-refractivity contribution >= 4 is 11.9 Å². The summed E-state index contributed by atoms with van der Waals surface area (Å²) in [5, 5.41) is 11.9. The van der Waals surface area contributed by atoms with E-state index in [-0.39, 0.29) is 11.8 Å². The van der Waals surface area contributed by atoms with Crippen molar-refractivity contribution in [2.24, 2.45) is 5.92 Å². The lowest BCUT2D eigenvalue weighted by molar-refractivity contribution is -0.143. The van der Waals surface area contributed by atoms with Crippen LogP contribution in [0.15, 0.2) is 12.2 Å². The Morgan fingerprint density at radius 2 is 1.16 bits per heavy atom. The Morgan fingerprint density at radius 3 is 1.59 bits per heavy atom. The van der Waals surface area contributed by atoms with E-state index < -0.39 is 12.0 Å². The third-order valence-corrected chi connectivity index (χ3v) is 6.46. The van der Waals surface area contributed by atoms with E-state index in [1.165, 1.54) is 96.3 Å². The minimum Gasteiger partial charge on any atom is -0.480 e. The number of hydrogen-bond acceptors (Lipinski definition) is 2. The van der Waals surface area contributed by atoms with Crippen LogP contribution in [-0.2, 0) is 9.59 Å². The van der Waals surface area contributed by atoms with E-state index in [1.807, 2.05) is 13.8 Å². The van der Waals surface area contributed by atoms with Crippen molar-refractivity contribution in [1.82, 2.24) is 5.32 Å². The molecule has 2 N–H and O–H groups in total. The van der Waals surface area contributed by atoms with Crippen molar-refractivity contribution in [3.05, 3.63) is 12.2 Å². The summed E-state index contributed by atoms with van der Waals surface area (Å²) in [4.78, 5) is 23.2. The average molecular weight is 452 g/mol. The van der Waals surface area contributed by atoms with Crippen LogP contribution in [0.2, 0.25) is 0 Å². The highest BCUT2D eigenvalue weighted by Crippen LogP contribution is 2.13. The van der Waals surface area contributed by atoms with Crippen molar-refractivity contribution in [3.8, 4) is 0 Å². The number of amides is 1. The third-order valence-electron chi connectivity index (χ3n) is 6.46. The molecule has 0 fully saturated rings. The van der Waals surface area contributed by atoms with Gasteiger partial charge in [-0.1, -0.05) is 116 Å². The summed E-state index contributed by atoms with van der Waals surface area (Å²) >= 11 is 0. The highest BCUT2D eigenvalue weighted by Gasteiger charge is 2.24. The molecule has 0 aliphatic rings. The summed E-state index contributed by atoms with van der Waals surface area (Å²) < 4.78 is 0. The Labute approximate surface area is 199 Å². The molecular formula is C28H53NO3. The van der Waals surface area contributed by atoms with Gasteiger partial charge < -0.3 is 10.4 Å². The number of carbonyl (C=O) groups is 2. The first kappa shape index (κ1) is 30.7. The smallest absolute Gasteiger partial charge is 0.326 e. The monoisotopic (exact) mass is 451 g/mol. The number of aliphatic carboxylic acids is 1. The molecule has 1 amide bonds. The fourth-order valence-corrected chi connectivity index (χ4v) is 3.99. The summed E-state index contributed by atoms with van der Waals surface area (Å²) in [6.45, 7) is 6.08. The standard InChI is InChI=1S/C28H53NO3/c1-4-6-7-8-9-10-11-12-13-14-15-16-17-18-19-20-21-22-23-24-26(30)29-27(28(31)32)25(3)5-2/h12-13,25,27H,4-11,14-24H2,1-3H3,(H,29,30)(H,31,32)/b13-12-/t25-,27-/m0/s1. The molecule has 2 atom stereocenters. The number of unbranched alkanes of at least 4 members (excludes halogenated alkanes) is 15. The van der Waals surface area contributed by atoms with Crippen LogP contribution in [0.5, 0.6) is 0 Å². The second kappa shape index (κ2) is 22.9. The number of carboxylic acid groups (broad SMARTS) is 1. The molecule has 0 aliphatic carbocycles. The summed E-state index contributed by atoms with van der Waals surface area (Å²) in [5.41, 5.74) is 0. The number of hydrogen-bond donors (Lipinski definition) is 2. The molecule has 188 valence electrons. The molecule has 4 nitrogen and oxygen atoms in total. The van der Waals surface area contributed by atoms with Gasteiger partial charge in [-0.05, 0) is 38.0 Å². The molecule has 0 aromatic carbocycles. The van der Waals surface area contributed by atoms with Gasteiger partial charge in [0.15, 0.2) is 0 Å². The predicted molar refractivity (Wildman–Crippen MR) is 137 cm³/mol. The van der Waals surface area contributed by atoms with Crippen LogP contribution in [0.25, 0.3) is 0 Å². The van der Waals surface area contributed by atoms with Gasteiger partial charge in [-0.2, -0.15) is 0 Å². The van der Waals surface area contributed by atoms with Crippen LogP contribution >= 0.6 is 0 Å². The number of carbonyl (C=O) groups excluding carboxylic acids is 1. The van der Waals surface area contributed by atoms with Crippen molar-refractivity contribution < 1.29 is 14.7 Å². The molecular weight excluding hydrogens is 398 g/mol. The minimum absolute atomic E-state index is 0.0439. The summed E-state index contributed by atoms with van der Waals surface area (Å²) in [7, 11) is 0. The lowest BCUT2D eigenvalue weighted by Crippen LogP contribution is -2.44. The van der Waals surface area contributed by atoms with Crippen LogP contribution in [0.3, 0.4) is 0 Å². The van der Waals surface area contributed by atoms with Crippen LogP contribution in [0.1, 0.15) is 143 Å². The zero-order chi connectivity index (χ0) is 23.9. The van der Waals surface area contributed by atoms with Crippen LogP contribution in [0.4, 0.5) is 0 Å². The average Bonchev–Trinajstić information content (AvgIpc) is 2.78. The van der Waals surface area contributed by atoms with E-state index in [1.54, 1.807) is 0 Å². The van der Waals surface area contributed by atoms with Crippen molar-refractivity contribution in [3.63, 3.8) is 0 Å². The number of nitrogens with one attached hydrogen (secondary N) is 1. The van der Waals surface area contributed by atoms with E-state index in [2.05, 4.69) is 24.4 Å². The lowest BCUT2D eigenvalue weighted by Gasteiger charge is -2.20. The van der Waals surface area contributed by atoms with Gasteiger partial charge in [0.05, 0.1) is 0 Å². The van der Waals surface area contributed by atoms with E-state index in [0.717, 1.165) is 19.3 Å². The maximum atomic E-state index is 12.0. The maximum absolute atomic E-state index is 12.0. The van der Waals surface area contributed by atoms with Crippen molar-refractivity contribution in [1.29, 1.82) is 0 Å². The molecule has 0 heterocycles. The van der Waals surface area contributed by atoms with Gasteiger partial charge in [0.25, 0.3) is 0 Å². The molecule has 0 rings (SSSR count). The first-order valence-electron chi connectivity index (χ1n) is 13.7. The fourth-order valence-electron chi connectivity index (χ4n) is 3.99. The summed E-state index contributed by atoms with van der Waals surface area (Å²) in [5.74, 6) is -1.10. The molecule has 0 aromatic rings. The Kier molecular flexibility index (Phi) is 21.9. The first-order valence-corrected chi connectivity index (χ1v) is 13.7.